The van der Waals surface area contributed by atoms with Crippen molar-refractivity contribution < 1.29 is 14.0 Å². The predicted octanol–water partition coefficient (Wildman–Crippen LogP) is 4.20. The first kappa shape index (κ1) is 19.5. The highest BCUT2D eigenvalue weighted by Gasteiger charge is 2.27. The molecule has 0 radical (unpaired) electrons. The molecule has 2 aromatic carbocycles. The van der Waals surface area contributed by atoms with E-state index in [1.165, 1.54) is 23.5 Å². The van der Waals surface area contributed by atoms with Crippen LogP contribution in [0.4, 0.5) is 4.39 Å². The lowest BCUT2D eigenvalue weighted by Gasteiger charge is -2.34. The Morgan fingerprint density at radius 1 is 0.931 bits per heavy atom. The Bertz CT molecular complexity index is 1060. The van der Waals surface area contributed by atoms with Gasteiger partial charge in [-0.25, -0.2) is 9.37 Å². The van der Waals surface area contributed by atoms with E-state index in [-0.39, 0.29) is 17.4 Å². The molecule has 1 saturated heterocycles. The zero-order chi connectivity index (χ0) is 20.4. The Morgan fingerprint density at radius 3 is 2.24 bits per heavy atom. The summed E-state index contributed by atoms with van der Waals surface area (Å²) in [6.45, 7) is 1.49. The van der Waals surface area contributed by atoms with Crippen LogP contribution in [0.5, 0.6) is 0 Å². The van der Waals surface area contributed by atoms with Crippen LogP contribution in [0.25, 0.3) is 10.6 Å². The second kappa shape index (κ2) is 8.31. The summed E-state index contributed by atoms with van der Waals surface area (Å²) in [7, 11) is 0. The first-order valence-corrected chi connectivity index (χ1v) is 10.3. The van der Waals surface area contributed by atoms with Crippen LogP contribution in [0.2, 0.25) is 5.02 Å². The molecule has 0 N–H and O–H groups in total. The molecular weight excluding hydrogens is 413 g/mol. The molecule has 29 heavy (non-hydrogen) atoms. The smallest absolute Gasteiger partial charge is 0.265 e. The number of benzene rings is 2. The van der Waals surface area contributed by atoms with E-state index < -0.39 is 5.82 Å². The zero-order valence-corrected chi connectivity index (χ0v) is 16.9. The minimum Gasteiger partial charge on any atom is -0.335 e. The Balaban J connectivity index is 1.42. The third-order valence-corrected chi connectivity index (χ3v) is 6.13. The summed E-state index contributed by atoms with van der Waals surface area (Å²) in [5, 5.41) is 1.27. The number of piperazine rings is 1. The topological polar surface area (TPSA) is 53.5 Å². The van der Waals surface area contributed by atoms with Gasteiger partial charge in [-0.3, -0.25) is 9.59 Å². The molecule has 4 rings (SSSR count). The van der Waals surface area contributed by atoms with Gasteiger partial charge in [0.25, 0.3) is 11.8 Å². The van der Waals surface area contributed by atoms with E-state index in [2.05, 4.69) is 4.98 Å². The van der Waals surface area contributed by atoms with Crippen molar-refractivity contribution in [3.8, 4) is 10.6 Å². The summed E-state index contributed by atoms with van der Waals surface area (Å²) in [6, 6.07) is 13.3. The SMILES string of the molecule is O=C(c1cnc(-c2ccccc2Cl)s1)N1CCN(C(=O)c2ccccc2F)CC1. The van der Waals surface area contributed by atoms with E-state index in [0.717, 1.165) is 5.56 Å². The average Bonchev–Trinajstić information content (AvgIpc) is 3.23. The number of halogens is 2. The number of hydrogen-bond acceptors (Lipinski definition) is 4. The average molecular weight is 430 g/mol. The molecule has 0 spiro atoms. The number of nitrogens with zero attached hydrogens (tertiary/aromatic N) is 3. The molecule has 0 bridgehead atoms. The maximum Gasteiger partial charge on any atom is 0.265 e. The maximum atomic E-state index is 13.9. The van der Waals surface area contributed by atoms with Gasteiger partial charge in [0.15, 0.2) is 0 Å². The molecule has 0 aliphatic carbocycles. The third-order valence-electron chi connectivity index (χ3n) is 4.78. The number of amides is 2. The second-order valence-corrected chi connectivity index (χ2v) is 8.01. The van der Waals surface area contributed by atoms with Crippen LogP contribution in [-0.2, 0) is 0 Å². The van der Waals surface area contributed by atoms with Gasteiger partial charge in [-0.1, -0.05) is 41.9 Å². The quantitative estimate of drug-likeness (QED) is 0.627. The summed E-state index contributed by atoms with van der Waals surface area (Å²) in [5.41, 5.74) is 0.845. The van der Waals surface area contributed by atoms with Crippen LogP contribution in [0.15, 0.2) is 54.7 Å². The molecule has 0 atom stereocenters. The van der Waals surface area contributed by atoms with Crippen LogP contribution < -0.4 is 0 Å². The molecule has 1 aromatic heterocycles. The highest BCUT2D eigenvalue weighted by molar-refractivity contribution is 7.17. The van der Waals surface area contributed by atoms with E-state index in [0.29, 0.717) is 41.1 Å². The molecule has 3 aromatic rings. The Hall–Kier alpha value is -2.77. The first-order valence-electron chi connectivity index (χ1n) is 9.08. The summed E-state index contributed by atoms with van der Waals surface area (Å²) >= 11 is 7.50. The summed E-state index contributed by atoms with van der Waals surface area (Å²) < 4.78 is 13.9. The van der Waals surface area contributed by atoms with Gasteiger partial charge in [-0.2, -0.15) is 0 Å². The Morgan fingerprint density at radius 2 is 1.55 bits per heavy atom. The van der Waals surface area contributed by atoms with Gasteiger partial charge in [0.05, 0.1) is 16.8 Å². The number of carbonyl (C=O) groups excluding carboxylic acids is 2. The van der Waals surface area contributed by atoms with Gasteiger partial charge in [0, 0.05) is 31.7 Å². The Kier molecular flexibility index (Phi) is 5.60. The van der Waals surface area contributed by atoms with Crippen LogP contribution >= 0.6 is 22.9 Å². The molecule has 0 unspecified atom stereocenters. The number of thiazole rings is 1. The number of carbonyl (C=O) groups is 2. The largest absolute Gasteiger partial charge is 0.335 e. The van der Waals surface area contributed by atoms with Crippen molar-refractivity contribution in [1.29, 1.82) is 0 Å². The monoisotopic (exact) mass is 429 g/mol. The van der Waals surface area contributed by atoms with Crippen molar-refractivity contribution in [2.24, 2.45) is 0 Å². The fourth-order valence-electron chi connectivity index (χ4n) is 3.21. The summed E-state index contributed by atoms with van der Waals surface area (Å²) in [5.74, 6) is -1.01. The standard InChI is InChI=1S/C21H17ClFN3O2S/c22-16-7-3-1-5-14(16)19-24-13-18(29-19)21(28)26-11-9-25(10-12-26)20(27)15-6-2-4-8-17(15)23/h1-8,13H,9-12H2. The van der Waals surface area contributed by atoms with Crippen LogP contribution in [0, 0.1) is 5.82 Å². The highest BCUT2D eigenvalue weighted by atomic mass is 35.5. The fourth-order valence-corrected chi connectivity index (χ4v) is 4.41. The van der Waals surface area contributed by atoms with E-state index in [9.17, 15) is 14.0 Å². The third kappa shape index (κ3) is 4.02. The molecule has 1 aliphatic rings. The van der Waals surface area contributed by atoms with Crippen LogP contribution in [-0.4, -0.2) is 52.8 Å². The molecule has 8 heteroatoms. The van der Waals surface area contributed by atoms with E-state index in [4.69, 9.17) is 11.6 Å². The van der Waals surface area contributed by atoms with Gasteiger partial charge >= 0.3 is 0 Å². The van der Waals surface area contributed by atoms with E-state index in [1.807, 2.05) is 18.2 Å². The minimum atomic E-state index is -0.534. The second-order valence-electron chi connectivity index (χ2n) is 6.57. The lowest BCUT2D eigenvalue weighted by molar-refractivity contribution is 0.0535. The summed E-state index contributed by atoms with van der Waals surface area (Å²) in [4.78, 5) is 33.5. The van der Waals surface area contributed by atoms with Crippen molar-refractivity contribution in [3.05, 3.63) is 76.0 Å². The van der Waals surface area contributed by atoms with Gasteiger partial charge in [0.1, 0.15) is 15.7 Å². The number of hydrogen-bond donors (Lipinski definition) is 0. The molecular formula is C21H17ClFN3O2S. The minimum absolute atomic E-state index is 0.0547. The molecule has 0 saturated carbocycles. The highest BCUT2D eigenvalue weighted by Crippen LogP contribution is 2.31. The lowest BCUT2D eigenvalue weighted by Crippen LogP contribution is -2.50. The fraction of sp³-hybridized carbons (Fsp3) is 0.190. The van der Waals surface area contributed by atoms with Crippen LogP contribution in [0.1, 0.15) is 20.0 Å². The van der Waals surface area contributed by atoms with Crippen molar-refractivity contribution in [2.45, 2.75) is 0 Å². The van der Waals surface area contributed by atoms with Crippen molar-refractivity contribution >= 4 is 34.8 Å². The molecule has 5 nitrogen and oxygen atoms in total. The normalized spacial score (nSPS) is 14.1. The van der Waals surface area contributed by atoms with E-state index >= 15 is 0 Å². The summed E-state index contributed by atoms with van der Waals surface area (Å²) in [6.07, 6.45) is 1.56. The first-order chi connectivity index (χ1) is 14.0. The van der Waals surface area contributed by atoms with Crippen LogP contribution in [0.3, 0.4) is 0 Å². The van der Waals surface area contributed by atoms with Crippen molar-refractivity contribution in [3.63, 3.8) is 0 Å². The molecule has 1 fully saturated rings. The Labute approximate surface area is 176 Å². The van der Waals surface area contributed by atoms with E-state index in [1.54, 1.807) is 34.2 Å². The molecule has 2 heterocycles. The molecule has 1 aliphatic heterocycles. The predicted molar refractivity (Wildman–Crippen MR) is 111 cm³/mol. The molecule has 2 amide bonds. The lowest BCUT2D eigenvalue weighted by atomic mass is 10.1. The number of aromatic nitrogens is 1. The zero-order valence-electron chi connectivity index (χ0n) is 15.3. The van der Waals surface area contributed by atoms with Gasteiger partial charge in [0.2, 0.25) is 0 Å². The van der Waals surface area contributed by atoms with Crippen molar-refractivity contribution in [1.82, 2.24) is 14.8 Å². The number of rotatable bonds is 3. The van der Waals surface area contributed by atoms with Gasteiger partial charge in [-0.15, -0.1) is 11.3 Å². The van der Waals surface area contributed by atoms with Gasteiger partial charge in [-0.05, 0) is 18.2 Å². The van der Waals surface area contributed by atoms with Gasteiger partial charge < -0.3 is 9.80 Å². The molecule has 148 valence electrons. The van der Waals surface area contributed by atoms with Crippen molar-refractivity contribution in [2.75, 3.05) is 26.2 Å². The maximum absolute atomic E-state index is 13.9.